The number of hydrogen-bond donors (Lipinski definition) is 1. The zero-order valence-electron chi connectivity index (χ0n) is 12.5. The topological polar surface area (TPSA) is 66.5 Å². The van der Waals surface area contributed by atoms with Gasteiger partial charge in [0, 0.05) is 31.1 Å². The molecular weight excluding hydrogens is 295 g/mol. The van der Waals surface area contributed by atoms with Crippen molar-refractivity contribution >= 4 is 15.9 Å². The molecule has 0 fully saturated rings. The van der Waals surface area contributed by atoms with Crippen LogP contribution in [0.15, 0.2) is 24.3 Å². The van der Waals surface area contributed by atoms with Crippen molar-refractivity contribution in [3.8, 4) is 0 Å². The van der Waals surface area contributed by atoms with Crippen LogP contribution in [0.3, 0.4) is 0 Å². The molecule has 0 saturated carbocycles. The van der Waals surface area contributed by atoms with Crippen molar-refractivity contribution in [2.75, 3.05) is 12.8 Å². The molecule has 0 aliphatic rings. The van der Waals surface area contributed by atoms with E-state index in [1.165, 1.54) is 12.1 Å². The molecule has 1 aromatic rings. The summed E-state index contributed by atoms with van der Waals surface area (Å²) in [4.78, 5) is 11.6. The Bertz CT molecular complexity index is 588. The molecule has 0 bridgehead atoms. The zero-order valence-corrected chi connectivity index (χ0v) is 13.3. The van der Waals surface area contributed by atoms with Crippen LogP contribution in [0.2, 0.25) is 0 Å². The van der Waals surface area contributed by atoms with Gasteiger partial charge in [-0.3, -0.25) is 4.79 Å². The monoisotopic (exact) mass is 316 g/mol. The number of nitrogens with zero attached hydrogens (tertiary/aromatic N) is 1. The molecule has 7 heteroatoms. The molecule has 0 spiro atoms. The number of rotatable bonds is 7. The molecular formula is C14H21FN2O3S. The third kappa shape index (κ3) is 6.22. The summed E-state index contributed by atoms with van der Waals surface area (Å²) in [6.45, 7) is 3.59. The predicted molar refractivity (Wildman–Crippen MR) is 79.5 cm³/mol. The number of benzene rings is 1. The number of carbonyl (C=O) groups is 1. The van der Waals surface area contributed by atoms with Crippen molar-refractivity contribution in [2.24, 2.45) is 0 Å². The van der Waals surface area contributed by atoms with Crippen LogP contribution in [-0.2, 0) is 21.4 Å². The van der Waals surface area contributed by atoms with Gasteiger partial charge in [-0.05, 0) is 19.9 Å². The van der Waals surface area contributed by atoms with Crippen molar-refractivity contribution < 1.29 is 17.6 Å². The Kier molecular flexibility index (Phi) is 6.29. The molecule has 1 rings (SSSR count). The van der Waals surface area contributed by atoms with E-state index in [0.29, 0.717) is 0 Å². The van der Waals surface area contributed by atoms with E-state index in [9.17, 15) is 17.6 Å². The minimum Gasteiger partial charge on any atom is -0.354 e. The van der Waals surface area contributed by atoms with E-state index in [2.05, 4.69) is 5.32 Å². The second kappa shape index (κ2) is 7.51. The molecule has 1 amide bonds. The molecule has 118 valence electrons. The Balaban J connectivity index is 2.75. The van der Waals surface area contributed by atoms with Gasteiger partial charge in [0.15, 0.2) is 0 Å². The standard InChI is InChI=1S/C14H21FN2O3S/c1-11(2)16-14(18)8-9-17(21(3,19)20)10-12-6-4-5-7-13(12)15/h4-7,11H,8-10H2,1-3H3,(H,16,18). The summed E-state index contributed by atoms with van der Waals surface area (Å²) in [5.74, 6) is -0.690. The Hall–Kier alpha value is -1.47. The maximum atomic E-state index is 13.6. The first-order chi connectivity index (χ1) is 9.70. The van der Waals surface area contributed by atoms with E-state index in [-0.39, 0.29) is 37.0 Å². The summed E-state index contributed by atoms with van der Waals surface area (Å²) >= 11 is 0. The lowest BCUT2D eigenvalue weighted by Crippen LogP contribution is -2.36. The predicted octanol–water partition coefficient (Wildman–Crippen LogP) is 1.50. The highest BCUT2D eigenvalue weighted by molar-refractivity contribution is 7.88. The minimum atomic E-state index is -3.52. The van der Waals surface area contributed by atoms with Gasteiger partial charge in [-0.25, -0.2) is 12.8 Å². The Morgan fingerprint density at radius 2 is 1.95 bits per heavy atom. The average molecular weight is 316 g/mol. The van der Waals surface area contributed by atoms with Crippen molar-refractivity contribution in [1.82, 2.24) is 9.62 Å². The molecule has 21 heavy (non-hydrogen) atoms. The molecule has 0 saturated heterocycles. The lowest BCUT2D eigenvalue weighted by atomic mass is 10.2. The van der Waals surface area contributed by atoms with Crippen molar-refractivity contribution in [3.63, 3.8) is 0 Å². The third-order valence-corrected chi connectivity index (χ3v) is 4.06. The highest BCUT2D eigenvalue weighted by atomic mass is 32.2. The Morgan fingerprint density at radius 1 is 1.33 bits per heavy atom. The average Bonchev–Trinajstić information content (AvgIpc) is 2.34. The van der Waals surface area contributed by atoms with Crippen molar-refractivity contribution in [2.45, 2.75) is 32.9 Å². The summed E-state index contributed by atoms with van der Waals surface area (Å²) in [7, 11) is -3.52. The third-order valence-electron chi connectivity index (χ3n) is 2.81. The van der Waals surface area contributed by atoms with Crippen LogP contribution in [0.1, 0.15) is 25.8 Å². The van der Waals surface area contributed by atoms with Crippen LogP contribution < -0.4 is 5.32 Å². The van der Waals surface area contributed by atoms with Gasteiger partial charge >= 0.3 is 0 Å². The molecule has 0 radical (unpaired) electrons. The van der Waals surface area contributed by atoms with E-state index < -0.39 is 15.8 Å². The van der Waals surface area contributed by atoms with Crippen LogP contribution in [0.4, 0.5) is 4.39 Å². The minimum absolute atomic E-state index is 0.00393. The Morgan fingerprint density at radius 3 is 2.48 bits per heavy atom. The molecule has 0 atom stereocenters. The quantitative estimate of drug-likeness (QED) is 0.829. The van der Waals surface area contributed by atoms with Crippen LogP contribution in [0, 0.1) is 5.82 Å². The largest absolute Gasteiger partial charge is 0.354 e. The number of halogens is 1. The summed E-state index contributed by atoms with van der Waals surface area (Å²) < 4.78 is 38.2. The van der Waals surface area contributed by atoms with Crippen LogP contribution in [-0.4, -0.2) is 37.5 Å². The summed E-state index contributed by atoms with van der Waals surface area (Å²) in [5.41, 5.74) is 0.284. The molecule has 0 unspecified atom stereocenters. The first kappa shape index (κ1) is 17.6. The van der Waals surface area contributed by atoms with E-state index in [1.54, 1.807) is 12.1 Å². The summed E-state index contributed by atoms with van der Waals surface area (Å²) in [6, 6.07) is 5.99. The van der Waals surface area contributed by atoms with Crippen LogP contribution in [0.25, 0.3) is 0 Å². The van der Waals surface area contributed by atoms with Gasteiger partial charge in [0.1, 0.15) is 5.82 Å². The van der Waals surface area contributed by atoms with E-state index in [1.807, 2.05) is 13.8 Å². The SMILES string of the molecule is CC(C)NC(=O)CCN(Cc1ccccc1F)S(C)(=O)=O. The van der Waals surface area contributed by atoms with Gasteiger partial charge in [0.25, 0.3) is 0 Å². The molecule has 0 aliphatic carbocycles. The smallest absolute Gasteiger partial charge is 0.221 e. The summed E-state index contributed by atoms with van der Waals surface area (Å²) in [6.07, 6.45) is 1.09. The number of hydrogen-bond acceptors (Lipinski definition) is 3. The van der Waals surface area contributed by atoms with E-state index in [4.69, 9.17) is 0 Å². The second-order valence-corrected chi connectivity index (χ2v) is 7.14. The zero-order chi connectivity index (χ0) is 16.0. The fourth-order valence-electron chi connectivity index (χ4n) is 1.80. The fraction of sp³-hybridized carbons (Fsp3) is 0.500. The van der Waals surface area contributed by atoms with Crippen LogP contribution in [0.5, 0.6) is 0 Å². The van der Waals surface area contributed by atoms with Gasteiger partial charge in [0.2, 0.25) is 15.9 Å². The molecule has 1 N–H and O–H groups in total. The van der Waals surface area contributed by atoms with Gasteiger partial charge in [-0.15, -0.1) is 0 Å². The van der Waals surface area contributed by atoms with Crippen molar-refractivity contribution in [1.29, 1.82) is 0 Å². The van der Waals surface area contributed by atoms with Crippen LogP contribution >= 0.6 is 0 Å². The van der Waals surface area contributed by atoms with Gasteiger partial charge in [0.05, 0.1) is 6.26 Å². The molecule has 0 aliphatic heterocycles. The van der Waals surface area contributed by atoms with E-state index in [0.717, 1.165) is 10.6 Å². The number of sulfonamides is 1. The molecule has 1 aromatic carbocycles. The van der Waals surface area contributed by atoms with Crippen molar-refractivity contribution in [3.05, 3.63) is 35.6 Å². The summed E-state index contributed by atoms with van der Waals surface area (Å²) in [5, 5.41) is 2.69. The lowest BCUT2D eigenvalue weighted by molar-refractivity contribution is -0.121. The Labute approximate surface area is 125 Å². The fourth-order valence-corrected chi connectivity index (χ4v) is 2.60. The second-order valence-electron chi connectivity index (χ2n) is 5.16. The maximum absolute atomic E-state index is 13.6. The highest BCUT2D eigenvalue weighted by Crippen LogP contribution is 2.12. The molecule has 5 nitrogen and oxygen atoms in total. The molecule has 0 aromatic heterocycles. The first-order valence-electron chi connectivity index (χ1n) is 6.68. The maximum Gasteiger partial charge on any atom is 0.221 e. The lowest BCUT2D eigenvalue weighted by Gasteiger charge is -2.20. The van der Waals surface area contributed by atoms with Gasteiger partial charge in [-0.2, -0.15) is 4.31 Å². The number of nitrogens with one attached hydrogen (secondary N) is 1. The molecule has 0 heterocycles. The first-order valence-corrected chi connectivity index (χ1v) is 8.53. The number of carbonyl (C=O) groups excluding carboxylic acids is 1. The highest BCUT2D eigenvalue weighted by Gasteiger charge is 2.19. The van der Waals surface area contributed by atoms with Gasteiger partial charge in [-0.1, -0.05) is 18.2 Å². The van der Waals surface area contributed by atoms with Gasteiger partial charge < -0.3 is 5.32 Å². The normalized spacial score (nSPS) is 11.9. The van der Waals surface area contributed by atoms with E-state index >= 15 is 0 Å². The number of amides is 1.